The lowest BCUT2D eigenvalue weighted by Crippen LogP contribution is -2.45. The largest absolute Gasteiger partial charge is 0.378 e. The van der Waals surface area contributed by atoms with Gasteiger partial charge in [0.15, 0.2) is 5.79 Å². The molecule has 4 heterocycles. The van der Waals surface area contributed by atoms with Crippen molar-refractivity contribution in [2.45, 2.75) is 18.6 Å². The first-order valence-electron chi connectivity index (χ1n) is 8.48. The van der Waals surface area contributed by atoms with Gasteiger partial charge in [-0.05, 0) is 0 Å². The van der Waals surface area contributed by atoms with Gasteiger partial charge in [-0.15, -0.1) is 0 Å². The van der Waals surface area contributed by atoms with Crippen LogP contribution in [0.3, 0.4) is 0 Å². The smallest absolute Gasteiger partial charge is 0.257 e. The second-order valence-corrected chi connectivity index (χ2v) is 6.27. The van der Waals surface area contributed by atoms with Crippen molar-refractivity contribution in [2.75, 3.05) is 57.5 Å². The van der Waals surface area contributed by atoms with E-state index in [1.54, 1.807) is 17.3 Å². The predicted octanol–water partition coefficient (Wildman–Crippen LogP) is 0.292. The molecule has 4 rings (SSSR count). The molecule has 0 N–H and O–H groups in total. The molecule has 0 radical (unpaired) electrons. The third kappa shape index (κ3) is 3.09. The summed E-state index contributed by atoms with van der Waals surface area (Å²) < 4.78 is 16.7. The Morgan fingerprint density at radius 2 is 1.58 bits per heavy atom. The predicted molar refractivity (Wildman–Crippen MR) is 84.8 cm³/mol. The van der Waals surface area contributed by atoms with Gasteiger partial charge in [-0.1, -0.05) is 0 Å². The number of morpholine rings is 1. The van der Waals surface area contributed by atoms with E-state index in [1.807, 2.05) is 0 Å². The van der Waals surface area contributed by atoms with Gasteiger partial charge in [0.1, 0.15) is 0 Å². The molecule has 130 valence electrons. The summed E-state index contributed by atoms with van der Waals surface area (Å²) in [5.74, 6) is 0.222. The zero-order valence-electron chi connectivity index (χ0n) is 13.6. The normalized spacial score (nSPS) is 23.7. The number of hydrogen-bond acceptors (Lipinski definition) is 7. The molecule has 0 saturated carbocycles. The molecule has 3 fully saturated rings. The van der Waals surface area contributed by atoms with Gasteiger partial charge in [0.2, 0.25) is 5.95 Å². The third-order valence-electron chi connectivity index (χ3n) is 4.81. The molecule has 8 heteroatoms. The quantitative estimate of drug-likeness (QED) is 0.769. The van der Waals surface area contributed by atoms with E-state index < -0.39 is 5.79 Å². The van der Waals surface area contributed by atoms with E-state index in [9.17, 15) is 4.79 Å². The van der Waals surface area contributed by atoms with Crippen LogP contribution in [0.5, 0.6) is 0 Å². The minimum absolute atomic E-state index is 0.0322. The summed E-state index contributed by atoms with van der Waals surface area (Å²) >= 11 is 0. The standard InChI is InChI=1S/C16H22N4O4/c21-14(19-5-7-22-8-6-19)13-11-17-15(18-12-13)20-3-1-16(2-4-20)23-9-10-24-16/h11-12H,1-10H2. The number of carbonyl (C=O) groups is 1. The number of amides is 1. The number of aromatic nitrogens is 2. The topological polar surface area (TPSA) is 77.0 Å². The van der Waals surface area contributed by atoms with E-state index in [-0.39, 0.29) is 5.91 Å². The second kappa shape index (κ2) is 6.62. The molecule has 3 aliphatic heterocycles. The van der Waals surface area contributed by atoms with E-state index in [4.69, 9.17) is 14.2 Å². The highest BCUT2D eigenvalue weighted by Crippen LogP contribution is 2.32. The third-order valence-corrected chi connectivity index (χ3v) is 4.81. The van der Waals surface area contributed by atoms with Crippen LogP contribution < -0.4 is 4.90 Å². The molecule has 1 aromatic heterocycles. The first-order valence-corrected chi connectivity index (χ1v) is 8.48. The molecule has 0 aromatic carbocycles. The molecule has 3 saturated heterocycles. The minimum atomic E-state index is -0.400. The summed E-state index contributed by atoms with van der Waals surface area (Å²) in [6, 6.07) is 0. The number of nitrogens with zero attached hydrogens (tertiary/aromatic N) is 4. The Labute approximate surface area is 140 Å². The Hall–Kier alpha value is -1.77. The molecule has 0 aliphatic carbocycles. The van der Waals surface area contributed by atoms with Crippen LogP contribution in [0.1, 0.15) is 23.2 Å². The Balaban J connectivity index is 1.38. The van der Waals surface area contributed by atoms with E-state index in [2.05, 4.69) is 14.9 Å². The lowest BCUT2D eigenvalue weighted by atomic mass is 10.0. The summed E-state index contributed by atoms with van der Waals surface area (Å²) in [7, 11) is 0. The van der Waals surface area contributed by atoms with Gasteiger partial charge in [0.05, 0.1) is 32.0 Å². The average Bonchev–Trinajstić information content (AvgIpc) is 3.11. The monoisotopic (exact) mass is 334 g/mol. The molecular formula is C16H22N4O4. The number of hydrogen-bond donors (Lipinski definition) is 0. The van der Waals surface area contributed by atoms with Crippen LogP contribution in [0.2, 0.25) is 0 Å². The average molecular weight is 334 g/mol. The van der Waals surface area contributed by atoms with Crippen molar-refractivity contribution in [3.05, 3.63) is 18.0 Å². The van der Waals surface area contributed by atoms with Crippen molar-refractivity contribution in [2.24, 2.45) is 0 Å². The highest BCUT2D eigenvalue weighted by Gasteiger charge is 2.40. The van der Waals surface area contributed by atoms with Crippen molar-refractivity contribution in [1.29, 1.82) is 0 Å². The number of rotatable bonds is 2. The zero-order chi connectivity index (χ0) is 16.4. The summed E-state index contributed by atoms with van der Waals surface area (Å²) in [5, 5.41) is 0. The van der Waals surface area contributed by atoms with Gasteiger partial charge in [-0.25, -0.2) is 9.97 Å². The molecule has 1 aromatic rings. The van der Waals surface area contributed by atoms with Crippen LogP contribution >= 0.6 is 0 Å². The van der Waals surface area contributed by atoms with Crippen LogP contribution in [-0.4, -0.2) is 79.2 Å². The first kappa shape index (κ1) is 15.7. The second-order valence-electron chi connectivity index (χ2n) is 6.27. The fourth-order valence-corrected chi connectivity index (χ4v) is 3.38. The Bertz CT molecular complexity index is 572. The molecule has 3 aliphatic rings. The minimum Gasteiger partial charge on any atom is -0.378 e. The maximum absolute atomic E-state index is 12.4. The van der Waals surface area contributed by atoms with Crippen molar-refractivity contribution in [1.82, 2.24) is 14.9 Å². The highest BCUT2D eigenvalue weighted by molar-refractivity contribution is 5.93. The summed E-state index contributed by atoms with van der Waals surface area (Å²) in [6.07, 6.45) is 4.86. The zero-order valence-corrected chi connectivity index (χ0v) is 13.6. The maximum Gasteiger partial charge on any atom is 0.257 e. The van der Waals surface area contributed by atoms with Crippen LogP contribution in [0.4, 0.5) is 5.95 Å². The molecule has 1 amide bonds. The van der Waals surface area contributed by atoms with Crippen molar-refractivity contribution < 1.29 is 19.0 Å². The Morgan fingerprint density at radius 3 is 2.21 bits per heavy atom. The van der Waals surface area contributed by atoms with E-state index in [0.29, 0.717) is 51.0 Å². The lowest BCUT2D eigenvalue weighted by molar-refractivity contribution is -0.169. The van der Waals surface area contributed by atoms with Gasteiger partial charge < -0.3 is 24.0 Å². The molecule has 8 nitrogen and oxygen atoms in total. The van der Waals surface area contributed by atoms with Gasteiger partial charge in [-0.3, -0.25) is 4.79 Å². The van der Waals surface area contributed by atoms with Gasteiger partial charge in [-0.2, -0.15) is 0 Å². The van der Waals surface area contributed by atoms with Crippen molar-refractivity contribution in [3.8, 4) is 0 Å². The SMILES string of the molecule is O=C(c1cnc(N2CCC3(CC2)OCCO3)nc1)N1CCOCC1. The molecule has 0 unspecified atom stereocenters. The molecule has 1 spiro atoms. The van der Waals surface area contributed by atoms with Crippen LogP contribution in [0.25, 0.3) is 0 Å². The summed E-state index contributed by atoms with van der Waals surface area (Å²) in [6.45, 7) is 5.34. The van der Waals surface area contributed by atoms with Crippen LogP contribution in [0, 0.1) is 0 Å². The Kier molecular flexibility index (Phi) is 4.34. The number of ether oxygens (including phenoxy) is 3. The van der Waals surface area contributed by atoms with Gasteiger partial charge in [0, 0.05) is 51.4 Å². The highest BCUT2D eigenvalue weighted by atomic mass is 16.7. The van der Waals surface area contributed by atoms with E-state index in [0.717, 1.165) is 25.9 Å². The number of anilines is 1. The number of carbonyl (C=O) groups excluding carboxylic acids is 1. The molecule has 0 atom stereocenters. The fraction of sp³-hybridized carbons (Fsp3) is 0.688. The first-order chi connectivity index (χ1) is 11.8. The van der Waals surface area contributed by atoms with Crippen molar-refractivity contribution in [3.63, 3.8) is 0 Å². The maximum atomic E-state index is 12.4. The molecule has 24 heavy (non-hydrogen) atoms. The summed E-state index contributed by atoms with van der Waals surface area (Å²) in [5.41, 5.74) is 0.525. The van der Waals surface area contributed by atoms with Gasteiger partial charge >= 0.3 is 0 Å². The summed E-state index contributed by atoms with van der Waals surface area (Å²) in [4.78, 5) is 25.1. The van der Waals surface area contributed by atoms with E-state index >= 15 is 0 Å². The van der Waals surface area contributed by atoms with Crippen LogP contribution in [0.15, 0.2) is 12.4 Å². The van der Waals surface area contributed by atoms with Crippen LogP contribution in [-0.2, 0) is 14.2 Å². The van der Waals surface area contributed by atoms with Gasteiger partial charge in [0.25, 0.3) is 5.91 Å². The molecule has 0 bridgehead atoms. The fourth-order valence-electron chi connectivity index (χ4n) is 3.38. The van der Waals surface area contributed by atoms with Crippen molar-refractivity contribution >= 4 is 11.9 Å². The number of piperidine rings is 1. The lowest BCUT2D eigenvalue weighted by Gasteiger charge is -2.37. The molecular weight excluding hydrogens is 312 g/mol. The Morgan fingerprint density at radius 1 is 0.958 bits per heavy atom. The van der Waals surface area contributed by atoms with E-state index in [1.165, 1.54) is 0 Å².